The number of carbonyl (C=O) groups excluding carboxylic acids is 2. The van der Waals surface area contributed by atoms with Gasteiger partial charge in [0.05, 0.1) is 0 Å². The maximum atomic E-state index is 10.2. The van der Waals surface area contributed by atoms with Crippen molar-refractivity contribution in [1.82, 2.24) is 0 Å². The van der Waals surface area contributed by atoms with Crippen LogP contribution in [-0.2, 0) is 9.59 Å². The Hall–Kier alpha value is -0.360. The molecule has 0 atom stereocenters. The van der Waals surface area contributed by atoms with Crippen molar-refractivity contribution in [3.05, 3.63) is 60.7 Å². The van der Waals surface area contributed by atoms with Crippen molar-refractivity contribution in [1.29, 1.82) is 0 Å². The van der Waals surface area contributed by atoms with Gasteiger partial charge in [0.1, 0.15) is 0 Å². The van der Waals surface area contributed by atoms with Gasteiger partial charge in [0.2, 0.25) is 0 Å². The second-order valence-corrected chi connectivity index (χ2v) is 12.6. The summed E-state index contributed by atoms with van der Waals surface area (Å²) in [7, 11) is 0. The fourth-order valence-electron chi connectivity index (χ4n) is 5.07. The Bertz CT molecular complexity index is 706. The van der Waals surface area contributed by atoms with Gasteiger partial charge in [0, 0.05) is 11.9 Å². The van der Waals surface area contributed by atoms with Crippen LogP contribution < -0.4 is 69.3 Å². The van der Waals surface area contributed by atoms with E-state index >= 15 is 0 Å². The van der Waals surface area contributed by atoms with Gasteiger partial charge < -0.3 is 19.8 Å². The minimum atomic E-state index is -0.914. The van der Waals surface area contributed by atoms with E-state index in [-0.39, 0.29) is 72.0 Å². The third-order valence-corrected chi connectivity index (χ3v) is 7.95. The summed E-state index contributed by atoms with van der Waals surface area (Å²) in [6.45, 7) is 4.51. The third-order valence-electron chi connectivity index (χ3n) is 7.95. The summed E-state index contributed by atoms with van der Waals surface area (Å²) in [5.41, 5.74) is 0. The average Bonchev–Trinajstić information content (AvgIpc) is 3.06. The van der Waals surface area contributed by atoms with Crippen LogP contribution >= 0.6 is 0 Å². The molecule has 0 bridgehead atoms. The minimum absolute atomic E-state index is 0. The SMILES string of the molecule is CCCCCCCC/C=C\CCCCCCCC(=O)[O-].CCCCCCCC/C=C\CCCCCCCC(=O)[O-].[Na+].[Na+].c1ccccc1. The third kappa shape index (κ3) is 57.9. The molecule has 0 saturated heterocycles. The van der Waals surface area contributed by atoms with Crippen LogP contribution in [0, 0.1) is 0 Å². The maximum absolute atomic E-state index is 10.2. The topological polar surface area (TPSA) is 80.3 Å². The Balaban J connectivity index is -0.000000330. The van der Waals surface area contributed by atoms with E-state index in [1.807, 2.05) is 36.4 Å². The zero-order valence-corrected chi connectivity index (χ0v) is 36.2. The first-order chi connectivity index (χ1) is 22.5. The summed E-state index contributed by atoms with van der Waals surface area (Å²) in [6, 6.07) is 12.0. The molecule has 4 nitrogen and oxygen atoms in total. The van der Waals surface area contributed by atoms with E-state index in [2.05, 4.69) is 38.2 Å². The van der Waals surface area contributed by atoms with Crippen molar-refractivity contribution in [3.8, 4) is 0 Å². The van der Waals surface area contributed by atoms with Gasteiger partial charge in [-0.2, -0.15) is 0 Å². The molecule has 0 amide bonds. The molecule has 0 unspecified atom stereocenters. The fourth-order valence-corrected chi connectivity index (χ4v) is 5.07. The molecule has 6 heteroatoms. The first-order valence-corrected chi connectivity index (χ1v) is 19.2. The van der Waals surface area contributed by atoms with Gasteiger partial charge in [-0.15, -0.1) is 0 Å². The molecule has 266 valence electrons. The number of aliphatic carboxylic acids is 2. The van der Waals surface area contributed by atoms with Crippen molar-refractivity contribution in [2.24, 2.45) is 0 Å². The van der Waals surface area contributed by atoms with Gasteiger partial charge in [-0.3, -0.25) is 0 Å². The molecule has 0 aliphatic carbocycles. The summed E-state index contributed by atoms with van der Waals surface area (Å²) in [5, 5.41) is 20.4. The summed E-state index contributed by atoms with van der Waals surface area (Å²) < 4.78 is 0. The number of carbonyl (C=O) groups is 2. The van der Waals surface area contributed by atoms with E-state index in [9.17, 15) is 19.8 Å². The molecule has 0 fully saturated rings. The molecule has 1 rings (SSSR count). The molecule has 0 spiro atoms. The normalized spacial score (nSPS) is 10.4. The molecule has 0 radical (unpaired) electrons. The maximum Gasteiger partial charge on any atom is 1.00 e. The van der Waals surface area contributed by atoms with E-state index in [4.69, 9.17) is 0 Å². The van der Waals surface area contributed by atoms with Crippen LogP contribution in [0.2, 0.25) is 0 Å². The number of benzene rings is 1. The van der Waals surface area contributed by atoms with E-state index in [0.717, 1.165) is 38.5 Å². The fraction of sp³-hybridized carbons (Fsp3) is 0.714. The van der Waals surface area contributed by atoms with Crippen LogP contribution in [0.1, 0.15) is 194 Å². The summed E-state index contributed by atoms with van der Waals surface area (Å²) >= 11 is 0. The number of unbranched alkanes of at least 4 members (excludes halogenated alkanes) is 22. The molecule has 1 aromatic rings. The van der Waals surface area contributed by atoms with Crippen molar-refractivity contribution in [2.45, 2.75) is 194 Å². The van der Waals surface area contributed by atoms with E-state index in [1.165, 1.54) is 128 Å². The number of carboxylic acids is 2. The van der Waals surface area contributed by atoms with Gasteiger partial charge in [0.25, 0.3) is 0 Å². The first kappa shape index (κ1) is 54.4. The van der Waals surface area contributed by atoms with Gasteiger partial charge >= 0.3 is 59.1 Å². The van der Waals surface area contributed by atoms with Crippen molar-refractivity contribution >= 4 is 11.9 Å². The van der Waals surface area contributed by atoms with Gasteiger partial charge in [-0.05, 0) is 77.0 Å². The molecule has 0 N–H and O–H groups in total. The van der Waals surface area contributed by atoms with Crippen LogP contribution in [0.5, 0.6) is 0 Å². The summed E-state index contributed by atoms with van der Waals surface area (Å²) in [5.74, 6) is -1.83. The number of hydrogen-bond acceptors (Lipinski definition) is 4. The van der Waals surface area contributed by atoms with Crippen molar-refractivity contribution in [3.63, 3.8) is 0 Å². The van der Waals surface area contributed by atoms with Crippen LogP contribution in [0.3, 0.4) is 0 Å². The number of carboxylic acid groups (broad SMARTS) is 2. The Labute approximate surface area is 342 Å². The zero-order valence-electron chi connectivity index (χ0n) is 32.2. The molecule has 0 aliphatic heterocycles. The number of hydrogen-bond donors (Lipinski definition) is 0. The zero-order chi connectivity index (χ0) is 34.0. The van der Waals surface area contributed by atoms with Crippen LogP contribution in [-0.4, -0.2) is 11.9 Å². The van der Waals surface area contributed by atoms with Gasteiger partial charge in [-0.25, -0.2) is 0 Å². The van der Waals surface area contributed by atoms with Gasteiger partial charge in [-0.1, -0.05) is 177 Å². The smallest absolute Gasteiger partial charge is 0.550 e. The number of rotatable bonds is 30. The Morgan fingerprint density at radius 1 is 0.375 bits per heavy atom. The molecule has 0 aromatic heterocycles. The second-order valence-electron chi connectivity index (χ2n) is 12.6. The molecule has 0 saturated carbocycles. The summed E-state index contributed by atoms with van der Waals surface area (Å²) in [4.78, 5) is 20.4. The molecule has 0 heterocycles. The average molecular weight is 687 g/mol. The van der Waals surface area contributed by atoms with Gasteiger partial charge in [0.15, 0.2) is 0 Å². The van der Waals surface area contributed by atoms with E-state index in [1.54, 1.807) is 0 Å². The van der Waals surface area contributed by atoms with Crippen LogP contribution in [0.15, 0.2) is 60.7 Å². The molecule has 0 aliphatic rings. The quantitative estimate of drug-likeness (QED) is 0.0630. The monoisotopic (exact) mass is 687 g/mol. The molecular weight excluding hydrogens is 614 g/mol. The summed E-state index contributed by atoms with van der Waals surface area (Å²) in [6.07, 6.45) is 41.8. The molecule has 48 heavy (non-hydrogen) atoms. The van der Waals surface area contributed by atoms with Crippen LogP contribution in [0.25, 0.3) is 0 Å². The Morgan fingerprint density at radius 3 is 0.812 bits per heavy atom. The number of allylic oxidation sites excluding steroid dienone is 4. The first-order valence-electron chi connectivity index (χ1n) is 19.2. The standard InChI is InChI=1S/2C18H34O2.C6H6.2Na/c2*1-2-3-4-5-6-7-8-9-10-11-12-13-14-15-16-17-18(19)20;1-2-4-6-5-3-1;;/h2*9-10H,2-8,11-17H2,1H3,(H,19,20);1-6H;;/q;;;2*+1/p-2/b2*10-9-;;;. The van der Waals surface area contributed by atoms with Crippen molar-refractivity contribution in [2.75, 3.05) is 0 Å². The van der Waals surface area contributed by atoms with E-state index < -0.39 is 11.9 Å². The predicted molar refractivity (Wildman–Crippen MR) is 195 cm³/mol. The van der Waals surface area contributed by atoms with Crippen LogP contribution in [0.4, 0.5) is 0 Å². The Kier molecular flexibility index (Phi) is 57.8. The minimum Gasteiger partial charge on any atom is -0.550 e. The molecule has 1 aromatic carbocycles. The largest absolute Gasteiger partial charge is 1.00 e. The molecular formula is C42H72Na2O4. The van der Waals surface area contributed by atoms with E-state index in [0.29, 0.717) is 0 Å². The Morgan fingerprint density at radius 2 is 0.583 bits per heavy atom. The van der Waals surface area contributed by atoms with Crippen molar-refractivity contribution < 1.29 is 78.9 Å². The second kappa shape index (κ2) is 51.0. The predicted octanol–water partition coefficient (Wildman–Crippen LogP) is 5.24.